The highest BCUT2D eigenvalue weighted by atomic mass is 16.5. The lowest BCUT2D eigenvalue weighted by Gasteiger charge is -2.17. The number of ether oxygens (including phenoxy) is 2. The molecule has 0 aromatic carbocycles. The zero-order valence-corrected chi connectivity index (χ0v) is 10.2. The van der Waals surface area contributed by atoms with E-state index in [0.29, 0.717) is 0 Å². The van der Waals surface area contributed by atoms with Gasteiger partial charge in [-0.1, -0.05) is 0 Å². The maximum absolute atomic E-state index is 11.3. The lowest BCUT2D eigenvalue weighted by atomic mass is 10.1. The summed E-state index contributed by atoms with van der Waals surface area (Å²) in [5.74, 6) is -0.698. The molecule has 7 heteroatoms. The standard InChI is InChI=1S/C11H16N2O5/c1-3-18-11(16)9(15)8(14)6-4-7(12)10(17-2)13-5-6/h4-5,8-9,14-15H,3,12H2,1-2H3. The lowest BCUT2D eigenvalue weighted by Crippen LogP contribution is -2.30. The van der Waals surface area contributed by atoms with Crippen LogP contribution in [0.3, 0.4) is 0 Å². The quantitative estimate of drug-likeness (QED) is 0.615. The molecule has 18 heavy (non-hydrogen) atoms. The molecule has 2 atom stereocenters. The van der Waals surface area contributed by atoms with E-state index in [0.717, 1.165) is 0 Å². The molecule has 1 aromatic heterocycles. The van der Waals surface area contributed by atoms with Crippen molar-refractivity contribution in [1.82, 2.24) is 4.98 Å². The second-order valence-corrected chi connectivity index (χ2v) is 3.51. The molecule has 0 saturated carbocycles. The maximum atomic E-state index is 11.3. The van der Waals surface area contributed by atoms with Crippen molar-refractivity contribution in [3.05, 3.63) is 17.8 Å². The van der Waals surface area contributed by atoms with Crippen LogP contribution in [0.1, 0.15) is 18.6 Å². The number of nitrogen functional groups attached to an aromatic ring is 1. The van der Waals surface area contributed by atoms with E-state index in [2.05, 4.69) is 9.72 Å². The second kappa shape index (κ2) is 6.18. The van der Waals surface area contributed by atoms with Gasteiger partial charge in [0.05, 0.1) is 19.4 Å². The fourth-order valence-corrected chi connectivity index (χ4v) is 1.36. The summed E-state index contributed by atoms with van der Waals surface area (Å²) in [5.41, 5.74) is 6.01. The van der Waals surface area contributed by atoms with Gasteiger partial charge in [-0.25, -0.2) is 9.78 Å². The van der Waals surface area contributed by atoms with E-state index in [9.17, 15) is 15.0 Å². The molecule has 0 bridgehead atoms. The number of aliphatic hydroxyl groups excluding tert-OH is 2. The van der Waals surface area contributed by atoms with Crippen molar-refractivity contribution in [2.45, 2.75) is 19.1 Å². The first-order chi connectivity index (χ1) is 8.51. The molecular formula is C11H16N2O5. The monoisotopic (exact) mass is 256 g/mol. The van der Waals surface area contributed by atoms with E-state index in [1.54, 1.807) is 6.92 Å². The first-order valence-electron chi connectivity index (χ1n) is 5.33. The van der Waals surface area contributed by atoms with Crippen LogP contribution in [-0.2, 0) is 9.53 Å². The predicted octanol–water partition coefficient (Wildman–Crippen LogP) is -0.370. The molecule has 0 fully saturated rings. The summed E-state index contributed by atoms with van der Waals surface area (Å²) in [7, 11) is 1.41. The fourth-order valence-electron chi connectivity index (χ4n) is 1.36. The molecule has 0 radical (unpaired) electrons. The fraction of sp³-hybridized carbons (Fsp3) is 0.455. The number of anilines is 1. The van der Waals surface area contributed by atoms with Gasteiger partial charge in [-0.3, -0.25) is 0 Å². The van der Waals surface area contributed by atoms with Gasteiger partial charge < -0.3 is 25.4 Å². The highest BCUT2D eigenvalue weighted by Crippen LogP contribution is 2.24. The van der Waals surface area contributed by atoms with Crippen molar-refractivity contribution >= 4 is 11.7 Å². The predicted molar refractivity (Wildman–Crippen MR) is 62.8 cm³/mol. The van der Waals surface area contributed by atoms with Gasteiger partial charge in [-0.2, -0.15) is 0 Å². The average molecular weight is 256 g/mol. The molecule has 0 aliphatic heterocycles. The Bertz CT molecular complexity index is 424. The SMILES string of the molecule is CCOC(=O)C(O)C(O)c1cnc(OC)c(N)c1. The van der Waals surface area contributed by atoms with Crippen molar-refractivity contribution in [2.75, 3.05) is 19.5 Å². The lowest BCUT2D eigenvalue weighted by molar-refractivity contribution is -0.159. The molecule has 0 aliphatic rings. The number of carbonyl (C=O) groups is 1. The summed E-state index contributed by atoms with van der Waals surface area (Å²) >= 11 is 0. The molecule has 1 aromatic rings. The maximum Gasteiger partial charge on any atom is 0.338 e. The van der Waals surface area contributed by atoms with Gasteiger partial charge in [0.2, 0.25) is 5.88 Å². The second-order valence-electron chi connectivity index (χ2n) is 3.51. The molecular weight excluding hydrogens is 240 g/mol. The normalized spacial score (nSPS) is 13.8. The summed E-state index contributed by atoms with van der Waals surface area (Å²) in [6.07, 6.45) is -1.87. The van der Waals surface area contributed by atoms with Crippen molar-refractivity contribution in [3.8, 4) is 5.88 Å². The van der Waals surface area contributed by atoms with Crippen LogP contribution in [0.2, 0.25) is 0 Å². The number of pyridine rings is 1. The summed E-state index contributed by atoms with van der Waals surface area (Å²) in [6, 6.07) is 1.37. The van der Waals surface area contributed by atoms with Gasteiger partial charge >= 0.3 is 5.97 Å². The van der Waals surface area contributed by atoms with Crippen molar-refractivity contribution in [1.29, 1.82) is 0 Å². The average Bonchev–Trinajstić information content (AvgIpc) is 2.37. The van der Waals surface area contributed by atoms with E-state index >= 15 is 0 Å². The van der Waals surface area contributed by atoms with Gasteiger partial charge in [-0.05, 0) is 13.0 Å². The Kier molecular flexibility index (Phi) is 4.87. The number of rotatable bonds is 5. The number of methoxy groups -OCH3 is 1. The number of hydrogen-bond acceptors (Lipinski definition) is 7. The van der Waals surface area contributed by atoms with Crippen LogP contribution >= 0.6 is 0 Å². The number of nitrogens with two attached hydrogens (primary N) is 1. The third-order valence-electron chi connectivity index (χ3n) is 2.26. The number of carbonyl (C=O) groups excluding carboxylic acids is 1. The smallest absolute Gasteiger partial charge is 0.338 e. The number of nitrogens with zero attached hydrogens (tertiary/aromatic N) is 1. The van der Waals surface area contributed by atoms with Crippen LogP contribution in [0.5, 0.6) is 5.88 Å². The number of aromatic nitrogens is 1. The first kappa shape index (κ1) is 14.2. The Morgan fingerprint density at radius 3 is 2.72 bits per heavy atom. The van der Waals surface area contributed by atoms with E-state index in [1.807, 2.05) is 0 Å². The Morgan fingerprint density at radius 1 is 1.56 bits per heavy atom. The largest absolute Gasteiger partial charge is 0.480 e. The zero-order chi connectivity index (χ0) is 13.7. The van der Waals surface area contributed by atoms with Gasteiger partial charge in [0.15, 0.2) is 6.10 Å². The summed E-state index contributed by atoms with van der Waals surface area (Å²) in [5, 5.41) is 19.4. The van der Waals surface area contributed by atoms with Crippen LogP contribution in [0.25, 0.3) is 0 Å². The Hall–Kier alpha value is -1.86. The van der Waals surface area contributed by atoms with Crippen LogP contribution < -0.4 is 10.5 Å². The van der Waals surface area contributed by atoms with Gasteiger partial charge in [0.25, 0.3) is 0 Å². The highest BCUT2D eigenvalue weighted by Gasteiger charge is 2.27. The molecule has 7 nitrogen and oxygen atoms in total. The zero-order valence-electron chi connectivity index (χ0n) is 10.2. The Labute approximate surface area is 104 Å². The first-order valence-corrected chi connectivity index (χ1v) is 5.33. The van der Waals surface area contributed by atoms with Crippen LogP contribution in [0, 0.1) is 0 Å². The molecule has 1 rings (SSSR count). The molecule has 2 unspecified atom stereocenters. The molecule has 0 aliphatic carbocycles. The van der Waals surface area contributed by atoms with Crippen molar-refractivity contribution in [2.24, 2.45) is 0 Å². The minimum absolute atomic E-state index is 0.117. The summed E-state index contributed by atoms with van der Waals surface area (Å²) in [4.78, 5) is 15.1. The van der Waals surface area contributed by atoms with E-state index in [4.69, 9.17) is 10.5 Å². The highest BCUT2D eigenvalue weighted by molar-refractivity contribution is 5.75. The number of aliphatic hydroxyl groups is 2. The molecule has 0 saturated heterocycles. The number of esters is 1. The van der Waals surface area contributed by atoms with Crippen LogP contribution in [0.4, 0.5) is 5.69 Å². The van der Waals surface area contributed by atoms with Gasteiger partial charge in [-0.15, -0.1) is 0 Å². The summed E-state index contributed by atoms with van der Waals surface area (Å²) < 4.78 is 9.45. The van der Waals surface area contributed by atoms with Crippen molar-refractivity contribution in [3.63, 3.8) is 0 Å². The topological polar surface area (TPSA) is 115 Å². The third-order valence-corrected chi connectivity index (χ3v) is 2.26. The molecule has 1 heterocycles. The molecule has 4 N–H and O–H groups in total. The molecule has 0 spiro atoms. The van der Waals surface area contributed by atoms with E-state index in [1.165, 1.54) is 19.4 Å². The Balaban J connectivity index is 2.86. The van der Waals surface area contributed by atoms with E-state index in [-0.39, 0.29) is 23.7 Å². The van der Waals surface area contributed by atoms with Crippen LogP contribution in [-0.4, -0.2) is 41.0 Å². The van der Waals surface area contributed by atoms with Gasteiger partial charge in [0.1, 0.15) is 6.10 Å². The third kappa shape index (κ3) is 3.08. The number of hydrogen-bond donors (Lipinski definition) is 3. The summed E-state index contributed by atoms with van der Waals surface area (Å²) in [6.45, 7) is 1.72. The molecule has 100 valence electrons. The van der Waals surface area contributed by atoms with Crippen LogP contribution in [0.15, 0.2) is 12.3 Å². The molecule has 0 amide bonds. The minimum Gasteiger partial charge on any atom is -0.480 e. The van der Waals surface area contributed by atoms with E-state index < -0.39 is 18.2 Å². The van der Waals surface area contributed by atoms with Crippen molar-refractivity contribution < 1.29 is 24.5 Å². The minimum atomic E-state index is -1.68. The van der Waals surface area contributed by atoms with Gasteiger partial charge in [0, 0.05) is 11.8 Å². The Morgan fingerprint density at radius 2 is 2.22 bits per heavy atom.